The summed E-state index contributed by atoms with van der Waals surface area (Å²) in [6.45, 7) is 6.23. The molecule has 2 aliphatic heterocycles. The smallest absolute Gasteiger partial charge is 0.414 e. The topological polar surface area (TPSA) is 103 Å². The number of aliphatic hydroxyl groups is 1. The fraction of sp³-hybridized carbons (Fsp3) is 0.433. The van der Waals surface area contributed by atoms with Crippen molar-refractivity contribution < 1.29 is 23.8 Å². The van der Waals surface area contributed by atoms with Crippen molar-refractivity contribution in [3.8, 4) is 11.6 Å². The van der Waals surface area contributed by atoms with Crippen LogP contribution in [0.1, 0.15) is 31.2 Å². The van der Waals surface area contributed by atoms with Crippen LogP contribution in [0.3, 0.4) is 0 Å². The first-order chi connectivity index (χ1) is 19.5. The highest BCUT2D eigenvalue weighted by molar-refractivity contribution is 6.31. The number of aromatic amines is 1. The van der Waals surface area contributed by atoms with Gasteiger partial charge in [0.15, 0.2) is 0 Å². The summed E-state index contributed by atoms with van der Waals surface area (Å²) in [6.07, 6.45) is 4.63. The van der Waals surface area contributed by atoms with Crippen LogP contribution in [0.2, 0.25) is 5.02 Å². The summed E-state index contributed by atoms with van der Waals surface area (Å²) in [7, 11) is 0. The van der Waals surface area contributed by atoms with Crippen LogP contribution < -0.4 is 14.8 Å². The Balaban J connectivity index is 0.991. The number of fused-ring (bicyclic) bond motifs is 2. The van der Waals surface area contributed by atoms with Gasteiger partial charge in [-0.15, -0.1) is 0 Å². The summed E-state index contributed by atoms with van der Waals surface area (Å²) < 4.78 is 17.4. The van der Waals surface area contributed by atoms with E-state index in [1.54, 1.807) is 18.4 Å². The third-order valence-corrected chi connectivity index (χ3v) is 8.24. The number of H-pyrrole nitrogens is 1. The zero-order chi connectivity index (χ0) is 27.5. The number of nitrogens with zero attached hydrogens (tertiary/aromatic N) is 2. The molecule has 3 N–H and O–H groups in total. The lowest BCUT2D eigenvalue weighted by Crippen LogP contribution is -2.47. The maximum absolute atomic E-state index is 12.7. The predicted octanol–water partition coefficient (Wildman–Crippen LogP) is 5.16. The van der Waals surface area contributed by atoms with Crippen molar-refractivity contribution in [3.05, 3.63) is 59.3 Å². The van der Waals surface area contributed by atoms with E-state index in [-0.39, 0.29) is 12.1 Å². The molecule has 0 saturated carbocycles. The Bertz CT molecular complexity index is 1450. The first kappa shape index (κ1) is 27.0. The number of furan rings is 1. The molecule has 10 heteroatoms. The Morgan fingerprint density at radius 2 is 1.77 bits per heavy atom. The van der Waals surface area contributed by atoms with Crippen LogP contribution in [0.5, 0.6) is 11.6 Å². The number of hydrogen-bond acceptors (Lipinski definition) is 7. The van der Waals surface area contributed by atoms with E-state index in [4.69, 9.17) is 25.5 Å². The molecule has 0 bridgehead atoms. The molecule has 0 aliphatic carbocycles. The number of amides is 1. The second-order valence-corrected chi connectivity index (χ2v) is 11.2. The molecular weight excluding hydrogens is 532 g/mol. The molecular formula is C30H35ClN4O5. The summed E-state index contributed by atoms with van der Waals surface area (Å²) >= 11 is 6.15. The summed E-state index contributed by atoms with van der Waals surface area (Å²) in [6, 6.07) is 13.1. The number of likely N-dealkylation sites (tertiary alicyclic amines) is 2. The standard InChI is InChI=1S/C30H35ClN4O5/c31-21-4-5-28-24(16-21)20(19-39-28)18-38-27-3-1-2-26-25(27)17-29(33-26)40-30(37)32-22-6-10-34(11-7-22)14-15-35-12-8-23(36)9-13-35/h1-5,16-17,19,22-23,33,36H,6-15,18H2,(H,32,37). The van der Waals surface area contributed by atoms with Crippen molar-refractivity contribution in [3.63, 3.8) is 0 Å². The third kappa shape index (κ3) is 6.39. The van der Waals surface area contributed by atoms with Gasteiger partial charge in [-0.25, -0.2) is 4.79 Å². The Labute approximate surface area is 238 Å². The van der Waals surface area contributed by atoms with Crippen molar-refractivity contribution in [2.75, 3.05) is 39.3 Å². The first-order valence-electron chi connectivity index (χ1n) is 14.0. The van der Waals surface area contributed by atoms with Crippen LogP contribution in [-0.2, 0) is 6.61 Å². The zero-order valence-electron chi connectivity index (χ0n) is 22.4. The van der Waals surface area contributed by atoms with Gasteiger partial charge in [-0.3, -0.25) is 0 Å². The minimum absolute atomic E-state index is 0.0930. The average molecular weight is 567 g/mol. The molecule has 0 atom stereocenters. The summed E-state index contributed by atoms with van der Waals surface area (Å²) in [5.74, 6) is 1.04. The Kier molecular flexibility index (Phi) is 8.15. The van der Waals surface area contributed by atoms with Crippen LogP contribution in [0.4, 0.5) is 4.79 Å². The van der Waals surface area contributed by atoms with Gasteiger partial charge in [-0.2, -0.15) is 0 Å². The van der Waals surface area contributed by atoms with Crippen molar-refractivity contribution in [2.45, 2.75) is 44.4 Å². The fourth-order valence-electron chi connectivity index (χ4n) is 5.63. The lowest BCUT2D eigenvalue weighted by atomic mass is 10.1. The van der Waals surface area contributed by atoms with Gasteiger partial charge in [-0.1, -0.05) is 17.7 Å². The lowest BCUT2D eigenvalue weighted by Gasteiger charge is -2.35. The van der Waals surface area contributed by atoms with Gasteiger partial charge in [0.1, 0.15) is 17.9 Å². The number of nitrogens with one attached hydrogen (secondary N) is 2. The van der Waals surface area contributed by atoms with Crippen LogP contribution in [0.15, 0.2) is 53.1 Å². The van der Waals surface area contributed by atoms with E-state index in [1.165, 1.54) is 0 Å². The number of carbonyl (C=O) groups is 1. The van der Waals surface area contributed by atoms with Crippen LogP contribution in [0.25, 0.3) is 21.9 Å². The number of hydrogen-bond donors (Lipinski definition) is 3. The Hall–Kier alpha value is -3.24. The van der Waals surface area contributed by atoms with Gasteiger partial charge < -0.3 is 39.1 Å². The molecule has 0 radical (unpaired) electrons. The Morgan fingerprint density at radius 3 is 2.55 bits per heavy atom. The van der Waals surface area contributed by atoms with Crippen molar-refractivity contribution in [2.24, 2.45) is 0 Å². The number of halogens is 1. The SMILES string of the molecule is O=C(NC1CCN(CCN2CCC(O)CC2)CC1)Oc1cc2c(OCc3coc4ccc(Cl)cc34)cccc2[nH]1. The minimum Gasteiger partial charge on any atom is -0.488 e. The van der Waals surface area contributed by atoms with Crippen LogP contribution in [-0.4, -0.2) is 77.4 Å². The molecule has 2 aromatic heterocycles. The molecule has 2 fully saturated rings. The van der Waals surface area contributed by atoms with E-state index in [2.05, 4.69) is 20.1 Å². The molecule has 212 valence electrons. The Morgan fingerprint density at radius 1 is 1.02 bits per heavy atom. The average Bonchev–Trinajstić information content (AvgIpc) is 3.55. The van der Waals surface area contributed by atoms with Crippen molar-refractivity contribution >= 4 is 39.6 Å². The molecule has 40 heavy (non-hydrogen) atoms. The normalized spacial score (nSPS) is 17.9. The molecule has 2 aromatic carbocycles. The molecule has 2 aliphatic rings. The van der Waals surface area contributed by atoms with Crippen molar-refractivity contribution in [1.29, 1.82) is 0 Å². The summed E-state index contributed by atoms with van der Waals surface area (Å²) in [4.78, 5) is 20.7. The highest BCUT2D eigenvalue weighted by Crippen LogP contribution is 2.31. The number of piperidine rings is 2. The lowest BCUT2D eigenvalue weighted by molar-refractivity contribution is 0.0739. The largest absolute Gasteiger partial charge is 0.488 e. The number of aliphatic hydroxyl groups excluding tert-OH is 1. The zero-order valence-corrected chi connectivity index (χ0v) is 23.2. The molecule has 2 saturated heterocycles. The maximum Gasteiger partial charge on any atom is 0.414 e. The van der Waals surface area contributed by atoms with Gasteiger partial charge in [0.05, 0.1) is 17.9 Å². The molecule has 0 spiro atoms. The van der Waals surface area contributed by atoms with Gasteiger partial charge in [0, 0.05) is 72.7 Å². The maximum atomic E-state index is 12.7. The van der Waals surface area contributed by atoms with Gasteiger partial charge >= 0.3 is 6.09 Å². The number of ether oxygens (including phenoxy) is 2. The monoisotopic (exact) mass is 566 g/mol. The summed E-state index contributed by atoms with van der Waals surface area (Å²) in [5, 5.41) is 15.1. The number of aromatic nitrogens is 1. The highest BCUT2D eigenvalue weighted by Gasteiger charge is 2.23. The van der Waals surface area contributed by atoms with Gasteiger partial charge in [0.25, 0.3) is 0 Å². The molecule has 0 unspecified atom stereocenters. The first-order valence-corrected chi connectivity index (χ1v) is 14.4. The van der Waals surface area contributed by atoms with E-state index in [1.807, 2.05) is 30.3 Å². The molecule has 9 nitrogen and oxygen atoms in total. The molecule has 1 amide bonds. The summed E-state index contributed by atoms with van der Waals surface area (Å²) in [5.41, 5.74) is 2.48. The quantitative estimate of drug-likeness (QED) is 0.271. The van der Waals surface area contributed by atoms with Gasteiger partial charge in [-0.05, 0) is 56.0 Å². The number of benzene rings is 2. The molecule has 4 heterocycles. The van der Waals surface area contributed by atoms with Crippen molar-refractivity contribution in [1.82, 2.24) is 20.1 Å². The number of rotatable bonds is 8. The van der Waals surface area contributed by atoms with Crippen LogP contribution >= 0.6 is 11.6 Å². The predicted molar refractivity (Wildman–Crippen MR) is 154 cm³/mol. The van der Waals surface area contributed by atoms with E-state index < -0.39 is 6.09 Å². The van der Waals surface area contributed by atoms with E-state index in [0.717, 1.165) is 92.4 Å². The van der Waals surface area contributed by atoms with Gasteiger partial charge in [0.2, 0.25) is 5.88 Å². The van der Waals surface area contributed by atoms with E-state index in [0.29, 0.717) is 23.3 Å². The van der Waals surface area contributed by atoms with Crippen LogP contribution in [0, 0.1) is 0 Å². The molecule has 4 aromatic rings. The minimum atomic E-state index is -0.457. The van der Waals surface area contributed by atoms with E-state index in [9.17, 15) is 9.90 Å². The molecule has 6 rings (SSSR count). The second-order valence-electron chi connectivity index (χ2n) is 10.8. The number of carbonyl (C=O) groups excluding carboxylic acids is 1. The fourth-order valence-corrected chi connectivity index (χ4v) is 5.80. The highest BCUT2D eigenvalue weighted by atomic mass is 35.5. The van der Waals surface area contributed by atoms with E-state index >= 15 is 0 Å². The third-order valence-electron chi connectivity index (χ3n) is 8.00. The second kappa shape index (κ2) is 12.1.